The van der Waals surface area contributed by atoms with E-state index in [2.05, 4.69) is 28.0 Å². The van der Waals surface area contributed by atoms with Crippen LogP contribution < -0.4 is 0 Å². The van der Waals surface area contributed by atoms with Crippen molar-refractivity contribution in [2.24, 2.45) is 0 Å². The number of thioether (sulfide) groups is 1. The molecule has 0 spiro atoms. The average Bonchev–Trinajstić information content (AvgIpc) is 3.21. The molecule has 0 aliphatic heterocycles. The highest BCUT2D eigenvalue weighted by atomic mass is 32.2. The Kier molecular flexibility index (Phi) is 8.29. The Bertz CT molecular complexity index is 1080. The topological polar surface area (TPSA) is 88.7 Å². The molecule has 3 aromatic rings. The Balaban J connectivity index is 1.69. The van der Waals surface area contributed by atoms with Gasteiger partial charge < -0.3 is 14.4 Å². The molecule has 0 fully saturated rings. The summed E-state index contributed by atoms with van der Waals surface area (Å²) in [7, 11) is 1.68. The second-order valence-electron chi connectivity index (χ2n) is 8.60. The first kappa shape index (κ1) is 25.0. The molecule has 0 atom stereocenters. The molecule has 1 N–H and O–H groups in total. The van der Waals surface area contributed by atoms with E-state index < -0.39 is 10.7 Å². The Morgan fingerprint density at radius 3 is 2.52 bits per heavy atom. The summed E-state index contributed by atoms with van der Waals surface area (Å²) in [6.07, 6.45) is 0. The van der Waals surface area contributed by atoms with Crippen molar-refractivity contribution < 1.29 is 19.2 Å². The van der Waals surface area contributed by atoms with E-state index >= 15 is 0 Å². The van der Waals surface area contributed by atoms with E-state index in [1.807, 2.05) is 43.3 Å². The van der Waals surface area contributed by atoms with Gasteiger partial charge in [-0.25, -0.2) is 0 Å². The molecule has 0 unspecified atom stereocenters. The van der Waals surface area contributed by atoms with E-state index in [1.165, 1.54) is 17.3 Å². The number of benzene rings is 2. The zero-order valence-corrected chi connectivity index (χ0v) is 20.6. The van der Waals surface area contributed by atoms with Gasteiger partial charge in [-0.1, -0.05) is 41.1 Å². The van der Waals surface area contributed by atoms with E-state index in [4.69, 9.17) is 9.26 Å². The fourth-order valence-corrected chi connectivity index (χ4v) is 4.33. The van der Waals surface area contributed by atoms with Gasteiger partial charge in [0.1, 0.15) is 4.75 Å². The molecule has 8 heteroatoms. The van der Waals surface area contributed by atoms with Crippen molar-refractivity contribution in [2.75, 3.05) is 20.3 Å². The molecule has 0 amide bonds. The number of carboxylic acids is 1. The van der Waals surface area contributed by atoms with E-state index in [0.29, 0.717) is 38.0 Å². The van der Waals surface area contributed by atoms with Gasteiger partial charge in [0, 0.05) is 30.7 Å². The third kappa shape index (κ3) is 6.90. The standard InChI is InChI=1S/C25H31N3O4S/c1-17-6-11-21(18(2)14-17)23-26-22(32-27-23)16-28(12-13-31-5)15-19-7-9-20(10-8-19)33-25(3,4)24(29)30/h6-11,14H,12-13,15-16H2,1-5H3,(H,29,30). The van der Waals surface area contributed by atoms with Crippen LogP contribution in [0.4, 0.5) is 0 Å². The Morgan fingerprint density at radius 2 is 1.88 bits per heavy atom. The summed E-state index contributed by atoms with van der Waals surface area (Å²) in [6, 6.07) is 14.1. The number of ether oxygens (including phenoxy) is 1. The lowest BCUT2D eigenvalue weighted by molar-refractivity contribution is -0.138. The smallest absolute Gasteiger partial charge is 0.319 e. The normalized spacial score (nSPS) is 11.8. The van der Waals surface area contributed by atoms with Crippen LogP contribution in [0.1, 0.15) is 36.4 Å². The Morgan fingerprint density at radius 1 is 1.15 bits per heavy atom. The molecule has 1 heterocycles. The number of methoxy groups -OCH3 is 1. The van der Waals surface area contributed by atoms with Gasteiger partial charge in [0.2, 0.25) is 11.7 Å². The maximum Gasteiger partial charge on any atom is 0.319 e. The van der Waals surface area contributed by atoms with Gasteiger partial charge in [0.15, 0.2) is 0 Å². The van der Waals surface area contributed by atoms with Crippen molar-refractivity contribution in [1.82, 2.24) is 15.0 Å². The average molecular weight is 470 g/mol. The first-order chi connectivity index (χ1) is 15.7. The van der Waals surface area contributed by atoms with E-state index in [9.17, 15) is 9.90 Å². The molecule has 0 aliphatic rings. The van der Waals surface area contributed by atoms with Crippen LogP contribution in [-0.4, -0.2) is 51.1 Å². The van der Waals surface area contributed by atoms with E-state index in [1.54, 1.807) is 21.0 Å². The van der Waals surface area contributed by atoms with Crippen molar-refractivity contribution in [2.45, 2.75) is 50.4 Å². The summed E-state index contributed by atoms with van der Waals surface area (Å²) in [5, 5.41) is 13.5. The summed E-state index contributed by atoms with van der Waals surface area (Å²) in [6.45, 7) is 9.99. The zero-order chi connectivity index (χ0) is 24.0. The minimum atomic E-state index is -0.877. The highest BCUT2D eigenvalue weighted by molar-refractivity contribution is 8.01. The van der Waals surface area contributed by atoms with Crippen molar-refractivity contribution in [3.8, 4) is 11.4 Å². The maximum atomic E-state index is 11.4. The van der Waals surface area contributed by atoms with Crippen LogP contribution in [0.25, 0.3) is 11.4 Å². The van der Waals surface area contributed by atoms with Crippen molar-refractivity contribution in [1.29, 1.82) is 0 Å². The number of aromatic nitrogens is 2. The highest BCUT2D eigenvalue weighted by Gasteiger charge is 2.28. The van der Waals surface area contributed by atoms with Crippen LogP contribution in [-0.2, 0) is 22.6 Å². The predicted octanol–water partition coefficient (Wildman–Crippen LogP) is 4.96. The van der Waals surface area contributed by atoms with Crippen molar-refractivity contribution in [3.63, 3.8) is 0 Å². The number of aliphatic carboxylic acids is 1. The molecule has 0 aliphatic carbocycles. The summed E-state index contributed by atoms with van der Waals surface area (Å²) in [4.78, 5) is 19.1. The maximum absolute atomic E-state index is 11.4. The molecule has 2 aromatic carbocycles. The fraction of sp³-hybridized carbons (Fsp3) is 0.400. The number of hydrogen-bond acceptors (Lipinski definition) is 7. The lowest BCUT2D eigenvalue weighted by Gasteiger charge is -2.21. The molecule has 0 bridgehead atoms. The third-order valence-electron chi connectivity index (χ3n) is 5.28. The first-order valence-corrected chi connectivity index (χ1v) is 11.6. The van der Waals surface area contributed by atoms with Gasteiger partial charge in [-0.15, -0.1) is 11.8 Å². The molecule has 176 valence electrons. The van der Waals surface area contributed by atoms with Crippen LogP contribution in [0.2, 0.25) is 0 Å². The summed E-state index contributed by atoms with van der Waals surface area (Å²) in [5.41, 5.74) is 4.39. The lowest BCUT2D eigenvalue weighted by Crippen LogP contribution is -2.27. The van der Waals surface area contributed by atoms with Crippen LogP contribution >= 0.6 is 11.8 Å². The monoisotopic (exact) mass is 469 g/mol. The summed E-state index contributed by atoms with van der Waals surface area (Å²) < 4.78 is 9.95. The second kappa shape index (κ2) is 11.0. The fourth-order valence-electron chi connectivity index (χ4n) is 3.38. The predicted molar refractivity (Wildman–Crippen MR) is 129 cm³/mol. The first-order valence-electron chi connectivity index (χ1n) is 10.8. The van der Waals surface area contributed by atoms with Crippen LogP contribution in [0.5, 0.6) is 0 Å². The van der Waals surface area contributed by atoms with Gasteiger partial charge >= 0.3 is 5.97 Å². The zero-order valence-electron chi connectivity index (χ0n) is 19.8. The highest BCUT2D eigenvalue weighted by Crippen LogP contribution is 2.32. The SMILES string of the molecule is COCCN(Cc1ccc(SC(C)(C)C(=O)O)cc1)Cc1nc(-c2ccc(C)cc2C)no1. The largest absolute Gasteiger partial charge is 0.480 e. The minimum Gasteiger partial charge on any atom is -0.480 e. The molecule has 0 radical (unpaired) electrons. The summed E-state index contributed by atoms with van der Waals surface area (Å²) in [5.74, 6) is 0.315. The molecule has 1 aromatic heterocycles. The molecule has 7 nitrogen and oxygen atoms in total. The lowest BCUT2D eigenvalue weighted by atomic mass is 10.1. The van der Waals surface area contributed by atoms with E-state index in [-0.39, 0.29) is 0 Å². The minimum absolute atomic E-state index is 0.504. The number of hydrogen-bond donors (Lipinski definition) is 1. The molecule has 3 rings (SSSR count). The third-order valence-corrected chi connectivity index (χ3v) is 6.47. The summed E-state index contributed by atoms with van der Waals surface area (Å²) >= 11 is 1.33. The van der Waals surface area contributed by atoms with Crippen LogP contribution in [0.3, 0.4) is 0 Å². The van der Waals surface area contributed by atoms with Gasteiger partial charge in [-0.3, -0.25) is 9.69 Å². The van der Waals surface area contributed by atoms with E-state index in [0.717, 1.165) is 21.6 Å². The second-order valence-corrected chi connectivity index (χ2v) is 10.3. The molecule has 0 saturated carbocycles. The molecule has 33 heavy (non-hydrogen) atoms. The Hall–Kier alpha value is -2.68. The molecule has 0 saturated heterocycles. The van der Waals surface area contributed by atoms with Gasteiger partial charge in [-0.2, -0.15) is 4.98 Å². The number of aryl methyl sites for hydroxylation is 2. The number of rotatable bonds is 11. The number of carboxylic acid groups (broad SMARTS) is 1. The van der Waals surface area contributed by atoms with Gasteiger partial charge in [0.25, 0.3) is 0 Å². The molecular weight excluding hydrogens is 438 g/mol. The van der Waals surface area contributed by atoms with Crippen molar-refractivity contribution >= 4 is 17.7 Å². The quantitative estimate of drug-likeness (QED) is 0.394. The van der Waals surface area contributed by atoms with Gasteiger partial charge in [-0.05, 0) is 51.0 Å². The van der Waals surface area contributed by atoms with Gasteiger partial charge in [0.05, 0.1) is 13.2 Å². The Labute approximate surface area is 199 Å². The number of carbonyl (C=O) groups is 1. The van der Waals surface area contributed by atoms with Crippen molar-refractivity contribution in [3.05, 3.63) is 65.0 Å². The van der Waals surface area contributed by atoms with Crippen LogP contribution in [0.15, 0.2) is 51.9 Å². The molecular formula is C25H31N3O4S. The van der Waals surface area contributed by atoms with Crippen LogP contribution in [0, 0.1) is 13.8 Å². The number of nitrogens with zero attached hydrogens (tertiary/aromatic N) is 3.